The molecule has 7 nitrogen and oxygen atoms in total. The molecule has 4 heterocycles. The van der Waals surface area contributed by atoms with Crippen LogP contribution in [0, 0.1) is 5.82 Å². The van der Waals surface area contributed by atoms with Crippen molar-refractivity contribution in [3.63, 3.8) is 0 Å². The largest absolute Gasteiger partial charge is 0.314 e. The van der Waals surface area contributed by atoms with E-state index in [9.17, 15) is 13.4 Å². The molecular formula is C24H26FN5O2S. The van der Waals surface area contributed by atoms with Crippen LogP contribution in [0.5, 0.6) is 0 Å². The molecule has 0 spiro atoms. The van der Waals surface area contributed by atoms with Gasteiger partial charge in [-0.25, -0.2) is 4.39 Å². The number of fused-ring (bicyclic) bond motifs is 1. The number of hydrogen-bond donors (Lipinski definition) is 1. The first-order valence-electron chi connectivity index (χ1n) is 10.6. The summed E-state index contributed by atoms with van der Waals surface area (Å²) in [6, 6.07) is 9.87. The van der Waals surface area contributed by atoms with Gasteiger partial charge in [-0.1, -0.05) is 0 Å². The molecule has 1 saturated heterocycles. The molecule has 1 aliphatic rings. The predicted octanol–water partition coefficient (Wildman–Crippen LogP) is 3.49. The van der Waals surface area contributed by atoms with Gasteiger partial charge in [0.15, 0.2) is 6.29 Å². The maximum Gasteiger partial charge on any atom is 0.151 e. The zero-order valence-electron chi connectivity index (χ0n) is 18.8. The highest BCUT2D eigenvalue weighted by atomic mass is 32.2. The van der Waals surface area contributed by atoms with Crippen LogP contribution in [-0.2, 0) is 17.8 Å². The van der Waals surface area contributed by atoms with Gasteiger partial charge in [0.05, 0.1) is 16.7 Å². The lowest BCUT2D eigenvalue weighted by Gasteiger charge is -2.20. The minimum absolute atomic E-state index is 0.158. The zero-order valence-corrected chi connectivity index (χ0v) is 19.6. The highest BCUT2D eigenvalue weighted by Crippen LogP contribution is 2.31. The first-order chi connectivity index (χ1) is 15.8. The Kier molecular flexibility index (Phi) is 6.53. The third-order valence-corrected chi connectivity index (χ3v) is 7.58. The van der Waals surface area contributed by atoms with Crippen molar-refractivity contribution < 1.29 is 13.4 Å². The van der Waals surface area contributed by atoms with Crippen molar-refractivity contribution in [2.75, 3.05) is 18.6 Å². The van der Waals surface area contributed by atoms with Crippen LogP contribution in [0.2, 0.25) is 0 Å². The van der Waals surface area contributed by atoms with Crippen molar-refractivity contribution in [3.05, 3.63) is 66.4 Å². The summed E-state index contributed by atoms with van der Waals surface area (Å²) in [5.41, 5.74) is 4.78. The molecule has 2 unspecified atom stereocenters. The van der Waals surface area contributed by atoms with Gasteiger partial charge in [-0.15, -0.1) is 0 Å². The number of aromatic nitrogens is 4. The Hall–Kier alpha value is -3.17. The van der Waals surface area contributed by atoms with E-state index < -0.39 is 10.8 Å². The maximum absolute atomic E-state index is 13.2. The highest BCUT2D eigenvalue weighted by Gasteiger charge is 2.31. The molecule has 1 N–H and O–H groups in total. The fraction of sp³-hybridized carbons (Fsp3) is 0.292. The number of aldehydes is 1. The summed E-state index contributed by atoms with van der Waals surface area (Å²) in [4.78, 5) is 15.6. The molecule has 33 heavy (non-hydrogen) atoms. The van der Waals surface area contributed by atoms with Crippen LogP contribution in [0.4, 0.5) is 4.39 Å². The van der Waals surface area contributed by atoms with E-state index in [2.05, 4.69) is 22.3 Å². The summed E-state index contributed by atoms with van der Waals surface area (Å²) in [6.45, 7) is 2.12. The quantitative estimate of drug-likeness (QED) is 0.465. The van der Waals surface area contributed by atoms with Crippen LogP contribution >= 0.6 is 0 Å². The topological polar surface area (TPSA) is 81.8 Å². The van der Waals surface area contributed by atoms with Gasteiger partial charge in [0.2, 0.25) is 0 Å². The molecule has 3 aromatic heterocycles. The minimum atomic E-state index is -0.555. The summed E-state index contributed by atoms with van der Waals surface area (Å²) in [5, 5.41) is 7.38. The molecule has 0 radical (unpaired) electrons. The smallest absolute Gasteiger partial charge is 0.151 e. The van der Waals surface area contributed by atoms with Crippen LogP contribution in [0.25, 0.3) is 28.0 Å². The predicted molar refractivity (Wildman–Crippen MR) is 129 cm³/mol. The Bertz CT molecular complexity index is 1310. The number of nitrogens with zero attached hydrogens (tertiary/aromatic N) is 4. The molecular weight excluding hydrogens is 441 g/mol. The van der Waals surface area contributed by atoms with Crippen LogP contribution in [0.3, 0.4) is 0 Å². The van der Waals surface area contributed by atoms with E-state index in [4.69, 9.17) is 0 Å². The molecule has 1 fully saturated rings. The van der Waals surface area contributed by atoms with Crippen LogP contribution < -0.4 is 5.32 Å². The van der Waals surface area contributed by atoms with Crippen LogP contribution in [-0.4, -0.2) is 53.9 Å². The van der Waals surface area contributed by atoms with Gasteiger partial charge < -0.3 is 9.88 Å². The molecule has 1 aliphatic heterocycles. The Morgan fingerprint density at radius 1 is 1.24 bits per heavy atom. The monoisotopic (exact) mass is 467 g/mol. The van der Waals surface area contributed by atoms with E-state index in [-0.39, 0.29) is 11.4 Å². The second-order valence-corrected chi connectivity index (χ2v) is 9.91. The van der Waals surface area contributed by atoms with Crippen LogP contribution in [0.1, 0.15) is 23.7 Å². The molecule has 0 amide bonds. The summed E-state index contributed by atoms with van der Waals surface area (Å²) in [5.74, 6) is 1.40. The van der Waals surface area contributed by atoms with Crippen molar-refractivity contribution in [3.8, 4) is 16.9 Å². The summed E-state index contributed by atoms with van der Waals surface area (Å²) in [6.07, 6.45) is 7.01. The lowest BCUT2D eigenvalue weighted by atomic mass is 10.0. The van der Waals surface area contributed by atoms with Gasteiger partial charge in [-0.2, -0.15) is 5.10 Å². The minimum Gasteiger partial charge on any atom is -0.314 e. The highest BCUT2D eigenvalue weighted by molar-refractivity contribution is 7.85. The Labute approximate surface area is 194 Å². The van der Waals surface area contributed by atoms with Crippen molar-refractivity contribution >= 4 is 28.1 Å². The fourth-order valence-electron chi connectivity index (χ4n) is 3.86. The molecule has 172 valence electrons. The molecule has 5 rings (SSSR count). The second kappa shape index (κ2) is 9.36. The first kappa shape index (κ1) is 23.0. The van der Waals surface area contributed by atoms with Crippen molar-refractivity contribution in [1.29, 1.82) is 0 Å². The van der Waals surface area contributed by atoms with Crippen LogP contribution in [0.15, 0.2) is 55.0 Å². The standard InChI is InChI=1S/C18H13FN4O.C6H13NOS/c1-22-16(6-7-21-22)15-10-23(14-4-2-13(19)3-5-14)17-8-12(11-24)9-20-18(15)17;1-6(7-2)3-4-9(8)5-6/h2-11H,1H3;7H,3-5H2,1-2H3. The number of nitrogens with one attached hydrogen (secondary N) is 1. The number of hydrogen-bond acceptors (Lipinski definition) is 5. The molecule has 1 aromatic carbocycles. The van der Waals surface area contributed by atoms with E-state index >= 15 is 0 Å². The average molecular weight is 468 g/mol. The lowest BCUT2D eigenvalue weighted by Crippen LogP contribution is -2.40. The number of halogens is 1. The van der Waals surface area contributed by atoms with Gasteiger partial charge in [0.1, 0.15) is 5.82 Å². The summed E-state index contributed by atoms with van der Waals surface area (Å²) >= 11 is 0. The Morgan fingerprint density at radius 2 is 2.00 bits per heavy atom. The second-order valence-electron chi connectivity index (χ2n) is 8.33. The molecule has 4 aromatic rings. The Morgan fingerprint density at radius 3 is 2.55 bits per heavy atom. The van der Waals surface area contributed by atoms with E-state index in [0.717, 1.165) is 52.2 Å². The van der Waals surface area contributed by atoms with Crippen molar-refractivity contribution in [1.82, 2.24) is 24.6 Å². The number of aryl methyl sites for hydroxylation is 1. The normalized spacial score (nSPS) is 19.9. The molecule has 0 bridgehead atoms. The Balaban J connectivity index is 0.000000243. The van der Waals surface area contributed by atoms with Gasteiger partial charge in [0, 0.05) is 70.3 Å². The molecule has 0 saturated carbocycles. The number of rotatable bonds is 4. The summed E-state index contributed by atoms with van der Waals surface area (Å²) < 4.78 is 27.8. The van der Waals surface area contributed by atoms with E-state index in [1.807, 2.05) is 30.9 Å². The average Bonchev–Trinajstić information content (AvgIpc) is 3.51. The maximum atomic E-state index is 13.2. The molecule has 2 atom stereocenters. The molecule has 9 heteroatoms. The van der Waals surface area contributed by atoms with Gasteiger partial charge in [0.25, 0.3) is 0 Å². The SMILES string of the molecule is CNC1(C)CCS(=O)C1.Cn1nccc1-c1cn(-c2ccc(F)cc2)c2cc(C=O)cnc12. The van der Waals surface area contributed by atoms with E-state index in [1.165, 1.54) is 12.1 Å². The fourth-order valence-corrected chi connectivity index (χ4v) is 5.68. The summed E-state index contributed by atoms with van der Waals surface area (Å²) in [7, 11) is 3.24. The number of benzene rings is 1. The zero-order chi connectivity index (χ0) is 23.6. The molecule has 0 aliphatic carbocycles. The number of carbonyl (C=O) groups is 1. The first-order valence-corrected chi connectivity index (χ1v) is 12.1. The lowest BCUT2D eigenvalue weighted by molar-refractivity contribution is 0.112. The van der Waals surface area contributed by atoms with Gasteiger partial charge >= 0.3 is 0 Å². The number of carbonyl (C=O) groups excluding carboxylic acids is 1. The van der Waals surface area contributed by atoms with Crippen molar-refractivity contribution in [2.45, 2.75) is 18.9 Å². The third-order valence-electron chi connectivity index (χ3n) is 5.96. The van der Waals surface area contributed by atoms with Gasteiger partial charge in [-0.3, -0.25) is 18.7 Å². The van der Waals surface area contributed by atoms with E-state index in [1.54, 1.807) is 35.3 Å². The van der Waals surface area contributed by atoms with E-state index in [0.29, 0.717) is 5.56 Å². The third kappa shape index (κ3) is 4.79. The van der Waals surface area contributed by atoms with Gasteiger partial charge in [-0.05, 0) is 56.8 Å². The number of pyridine rings is 1. The van der Waals surface area contributed by atoms with Crippen molar-refractivity contribution in [2.24, 2.45) is 7.05 Å².